The number of hydrogen-bond donors (Lipinski definition) is 1. The number of benzene rings is 1. The number of aromatic nitrogens is 1. The van der Waals surface area contributed by atoms with E-state index in [0.717, 1.165) is 0 Å². The molecule has 0 fully saturated rings. The second-order valence-electron chi connectivity index (χ2n) is 6.15. The van der Waals surface area contributed by atoms with Gasteiger partial charge < -0.3 is 23.6 Å². The molecule has 8 nitrogen and oxygen atoms in total. The molecule has 146 valence electrons. The Balaban J connectivity index is 1.88. The molecule has 2 heterocycles. The van der Waals surface area contributed by atoms with E-state index in [9.17, 15) is 14.4 Å². The summed E-state index contributed by atoms with van der Waals surface area (Å²) < 4.78 is 20.4. The summed E-state index contributed by atoms with van der Waals surface area (Å²) in [6, 6.07) is 6.30. The molecule has 2 aromatic heterocycles. The van der Waals surface area contributed by atoms with Crippen LogP contribution in [-0.2, 0) is 16.1 Å². The summed E-state index contributed by atoms with van der Waals surface area (Å²) >= 11 is 0. The Bertz CT molecular complexity index is 1120. The van der Waals surface area contributed by atoms with Gasteiger partial charge in [0.25, 0.3) is 0 Å². The molecule has 0 bridgehead atoms. The Labute approximate surface area is 160 Å². The minimum atomic E-state index is -0.648. The number of nitrogens with one attached hydrogen (secondary N) is 1. The lowest BCUT2D eigenvalue weighted by Crippen LogP contribution is -2.10. The highest BCUT2D eigenvalue weighted by atomic mass is 16.5. The van der Waals surface area contributed by atoms with Crippen LogP contribution in [-0.4, -0.2) is 31.1 Å². The van der Waals surface area contributed by atoms with Crippen LogP contribution in [0.1, 0.15) is 37.7 Å². The molecule has 0 spiro atoms. The first kappa shape index (κ1) is 19.2. The molecule has 0 saturated carbocycles. The lowest BCUT2D eigenvalue weighted by atomic mass is 10.1. The van der Waals surface area contributed by atoms with Crippen molar-refractivity contribution in [2.24, 2.45) is 0 Å². The standard InChI is InChI=1S/C20H19NO7/c1-10-17(19(23)26-4)11(2)21-18(10)20(24)27-9-12-7-16(22)28-15-8-13(25-3)5-6-14(12)15/h5-8,21H,9H2,1-4H3. The number of aryl methyl sites for hydroxylation is 1. The van der Waals surface area contributed by atoms with E-state index in [1.807, 2.05) is 0 Å². The van der Waals surface area contributed by atoms with Gasteiger partial charge in [0.15, 0.2) is 0 Å². The van der Waals surface area contributed by atoms with Crippen LogP contribution < -0.4 is 10.4 Å². The fraction of sp³-hybridized carbons (Fsp3) is 0.250. The van der Waals surface area contributed by atoms with Crippen molar-refractivity contribution < 1.29 is 28.2 Å². The molecule has 8 heteroatoms. The van der Waals surface area contributed by atoms with Crippen LogP contribution in [0.25, 0.3) is 11.0 Å². The van der Waals surface area contributed by atoms with E-state index in [1.54, 1.807) is 32.0 Å². The zero-order valence-corrected chi connectivity index (χ0v) is 15.9. The highest BCUT2D eigenvalue weighted by molar-refractivity contribution is 5.98. The molecular weight excluding hydrogens is 366 g/mol. The first-order valence-corrected chi connectivity index (χ1v) is 8.41. The summed E-state index contributed by atoms with van der Waals surface area (Å²) in [7, 11) is 2.78. The highest BCUT2D eigenvalue weighted by Gasteiger charge is 2.23. The Hall–Kier alpha value is -3.55. The summed E-state index contributed by atoms with van der Waals surface area (Å²) in [5.41, 5.74) is 1.67. The third-order valence-corrected chi connectivity index (χ3v) is 4.43. The molecule has 0 aliphatic rings. The van der Waals surface area contributed by atoms with Crippen molar-refractivity contribution in [1.82, 2.24) is 4.98 Å². The summed E-state index contributed by atoms with van der Waals surface area (Å²) in [5, 5.41) is 0.628. The van der Waals surface area contributed by atoms with Gasteiger partial charge in [-0.3, -0.25) is 0 Å². The predicted octanol–water partition coefficient (Wildman–Crippen LogP) is 2.89. The molecule has 0 aliphatic heterocycles. The molecule has 0 unspecified atom stereocenters. The minimum Gasteiger partial charge on any atom is -0.497 e. The molecule has 0 amide bonds. The van der Waals surface area contributed by atoms with Gasteiger partial charge in [0.2, 0.25) is 0 Å². The molecule has 0 atom stereocenters. The molecule has 28 heavy (non-hydrogen) atoms. The van der Waals surface area contributed by atoms with Crippen LogP contribution in [0.2, 0.25) is 0 Å². The number of methoxy groups -OCH3 is 2. The van der Waals surface area contributed by atoms with Gasteiger partial charge in [-0.25, -0.2) is 14.4 Å². The van der Waals surface area contributed by atoms with Crippen LogP contribution in [0.3, 0.4) is 0 Å². The van der Waals surface area contributed by atoms with Crippen LogP contribution in [0.5, 0.6) is 5.75 Å². The fourth-order valence-electron chi connectivity index (χ4n) is 3.03. The average molecular weight is 385 g/mol. The van der Waals surface area contributed by atoms with Gasteiger partial charge in [0.05, 0.1) is 19.8 Å². The van der Waals surface area contributed by atoms with Crippen molar-refractivity contribution in [1.29, 1.82) is 0 Å². The fourth-order valence-corrected chi connectivity index (χ4v) is 3.03. The number of aromatic amines is 1. The SMILES string of the molecule is COC(=O)c1c(C)[nH]c(C(=O)OCc2cc(=O)oc3cc(OC)ccc23)c1C. The maximum absolute atomic E-state index is 12.5. The summed E-state index contributed by atoms with van der Waals surface area (Å²) in [6.45, 7) is 3.16. The molecule has 3 aromatic rings. The van der Waals surface area contributed by atoms with E-state index in [0.29, 0.717) is 39.1 Å². The van der Waals surface area contributed by atoms with Crippen LogP contribution in [0, 0.1) is 13.8 Å². The van der Waals surface area contributed by atoms with Gasteiger partial charge in [-0.15, -0.1) is 0 Å². The van der Waals surface area contributed by atoms with E-state index in [2.05, 4.69) is 4.98 Å². The molecule has 0 saturated heterocycles. The number of rotatable bonds is 5. The predicted molar refractivity (Wildman–Crippen MR) is 99.8 cm³/mol. The highest BCUT2D eigenvalue weighted by Crippen LogP contribution is 2.24. The lowest BCUT2D eigenvalue weighted by molar-refractivity contribution is 0.0466. The average Bonchev–Trinajstić information content (AvgIpc) is 2.98. The van der Waals surface area contributed by atoms with Crippen molar-refractivity contribution >= 4 is 22.9 Å². The molecular formula is C20H19NO7. The van der Waals surface area contributed by atoms with Crippen molar-refractivity contribution in [3.05, 3.63) is 62.8 Å². The van der Waals surface area contributed by atoms with Crippen molar-refractivity contribution in [2.45, 2.75) is 20.5 Å². The quantitative estimate of drug-likeness (QED) is 0.531. The smallest absolute Gasteiger partial charge is 0.355 e. The van der Waals surface area contributed by atoms with Gasteiger partial charge >= 0.3 is 17.6 Å². The van der Waals surface area contributed by atoms with Gasteiger partial charge in [0, 0.05) is 28.8 Å². The number of carbonyl (C=O) groups is 2. The summed E-state index contributed by atoms with van der Waals surface area (Å²) in [4.78, 5) is 39.0. The molecule has 1 aromatic carbocycles. The number of fused-ring (bicyclic) bond motifs is 1. The Morgan fingerprint density at radius 3 is 2.54 bits per heavy atom. The lowest BCUT2D eigenvalue weighted by Gasteiger charge is -2.08. The van der Waals surface area contributed by atoms with Gasteiger partial charge in [-0.1, -0.05) is 0 Å². The largest absolute Gasteiger partial charge is 0.497 e. The van der Waals surface area contributed by atoms with Crippen LogP contribution in [0.15, 0.2) is 33.5 Å². The van der Waals surface area contributed by atoms with Gasteiger partial charge in [0.1, 0.15) is 23.6 Å². The monoisotopic (exact) mass is 385 g/mol. The topological polar surface area (TPSA) is 108 Å². The van der Waals surface area contributed by atoms with Crippen molar-refractivity contribution in [2.75, 3.05) is 14.2 Å². The third kappa shape index (κ3) is 3.48. The number of ether oxygens (including phenoxy) is 3. The summed E-state index contributed by atoms with van der Waals surface area (Å²) in [6.07, 6.45) is 0. The van der Waals surface area contributed by atoms with Crippen LogP contribution in [0.4, 0.5) is 0 Å². The van der Waals surface area contributed by atoms with Crippen LogP contribution >= 0.6 is 0 Å². The van der Waals surface area contributed by atoms with Crippen molar-refractivity contribution in [3.63, 3.8) is 0 Å². The van der Waals surface area contributed by atoms with E-state index in [4.69, 9.17) is 18.6 Å². The second kappa shape index (κ2) is 7.59. The number of hydrogen-bond acceptors (Lipinski definition) is 7. The Kier molecular flexibility index (Phi) is 5.21. The summed E-state index contributed by atoms with van der Waals surface area (Å²) in [5.74, 6) is -0.644. The normalized spacial score (nSPS) is 10.7. The van der Waals surface area contributed by atoms with Gasteiger partial charge in [-0.2, -0.15) is 0 Å². The van der Waals surface area contributed by atoms with Crippen molar-refractivity contribution in [3.8, 4) is 5.75 Å². The first-order chi connectivity index (χ1) is 13.3. The second-order valence-corrected chi connectivity index (χ2v) is 6.15. The van der Waals surface area contributed by atoms with E-state index >= 15 is 0 Å². The Morgan fingerprint density at radius 2 is 1.86 bits per heavy atom. The first-order valence-electron chi connectivity index (χ1n) is 8.41. The van der Waals surface area contributed by atoms with E-state index in [1.165, 1.54) is 20.3 Å². The molecule has 0 aliphatic carbocycles. The zero-order valence-electron chi connectivity index (χ0n) is 15.9. The maximum Gasteiger partial charge on any atom is 0.355 e. The molecule has 3 rings (SSSR count). The van der Waals surface area contributed by atoms with Gasteiger partial charge in [-0.05, 0) is 31.5 Å². The molecule has 0 radical (unpaired) electrons. The number of esters is 2. The minimum absolute atomic E-state index is 0.141. The molecule has 1 N–H and O–H groups in total. The third-order valence-electron chi connectivity index (χ3n) is 4.43. The maximum atomic E-state index is 12.5. The Morgan fingerprint density at radius 1 is 1.11 bits per heavy atom. The van der Waals surface area contributed by atoms with E-state index < -0.39 is 17.6 Å². The number of H-pyrrole nitrogens is 1. The zero-order chi connectivity index (χ0) is 20.4. The number of carbonyl (C=O) groups excluding carboxylic acids is 2. The van der Waals surface area contributed by atoms with E-state index in [-0.39, 0.29) is 12.3 Å².